The molecule has 0 saturated heterocycles. The van der Waals surface area contributed by atoms with Crippen LogP contribution in [0.25, 0.3) is 0 Å². The molecule has 4 N–H and O–H groups in total. The SMILES string of the molecule is Cc1nc(CC(=O)N[C@@H]2C[C@H](C(=O)NCc3nonc3C)C[C@H]2O)cs1.O=CO. The summed E-state index contributed by atoms with van der Waals surface area (Å²) >= 11 is 1.49. The van der Waals surface area contributed by atoms with Gasteiger partial charge in [0.05, 0.1) is 35.8 Å². The van der Waals surface area contributed by atoms with Crippen LogP contribution in [0.5, 0.6) is 0 Å². The van der Waals surface area contributed by atoms with Gasteiger partial charge in [-0.25, -0.2) is 9.61 Å². The molecule has 1 aliphatic rings. The van der Waals surface area contributed by atoms with Crippen LogP contribution < -0.4 is 10.6 Å². The van der Waals surface area contributed by atoms with Crippen LogP contribution in [0.15, 0.2) is 10.0 Å². The molecule has 2 amide bonds. The third-order valence-corrected chi connectivity index (χ3v) is 5.25. The number of hydrogen-bond acceptors (Lipinski definition) is 9. The van der Waals surface area contributed by atoms with E-state index in [2.05, 4.69) is 30.6 Å². The number of aliphatic hydroxyl groups is 1. The maximum Gasteiger partial charge on any atom is 0.290 e. The zero-order chi connectivity index (χ0) is 21.4. The van der Waals surface area contributed by atoms with E-state index in [1.807, 2.05) is 12.3 Å². The molecule has 1 aliphatic carbocycles. The molecule has 2 aromatic heterocycles. The number of hydrogen-bond donors (Lipinski definition) is 4. The fourth-order valence-electron chi connectivity index (χ4n) is 3.02. The highest BCUT2D eigenvalue weighted by atomic mass is 32.1. The number of nitrogens with zero attached hydrogens (tertiary/aromatic N) is 3. The molecular weight excluding hydrogens is 402 g/mol. The van der Waals surface area contributed by atoms with Crippen molar-refractivity contribution in [3.63, 3.8) is 0 Å². The molecule has 12 heteroatoms. The molecule has 158 valence electrons. The van der Waals surface area contributed by atoms with E-state index in [1.165, 1.54) is 11.3 Å². The van der Waals surface area contributed by atoms with E-state index in [-0.39, 0.29) is 37.2 Å². The van der Waals surface area contributed by atoms with Crippen molar-refractivity contribution >= 4 is 29.6 Å². The van der Waals surface area contributed by atoms with Gasteiger partial charge in [0.2, 0.25) is 11.8 Å². The summed E-state index contributed by atoms with van der Waals surface area (Å²) in [6.07, 6.45) is 0.124. The van der Waals surface area contributed by atoms with Crippen LogP contribution in [0.2, 0.25) is 0 Å². The first-order valence-corrected chi connectivity index (χ1v) is 9.74. The zero-order valence-corrected chi connectivity index (χ0v) is 16.8. The van der Waals surface area contributed by atoms with Crippen molar-refractivity contribution < 1.29 is 29.2 Å². The van der Waals surface area contributed by atoms with E-state index in [0.29, 0.717) is 29.9 Å². The molecule has 1 saturated carbocycles. The second-order valence-electron chi connectivity index (χ2n) is 6.56. The largest absolute Gasteiger partial charge is 0.483 e. The molecule has 1 fully saturated rings. The average Bonchev–Trinajstić information content (AvgIpc) is 3.35. The van der Waals surface area contributed by atoms with Gasteiger partial charge in [0.1, 0.15) is 11.4 Å². The summed E-state index contributed by atoms with van der Waals surface area (Å²) in [7, 11) is 0. The van der Waals surface area contributed by atoms with Crippen LogP contribution in [0.4, 0.5) is 0 Å². The molecule has 0 aromatic carbocycles. The van der Waals surface area contributed by atoms with Gasteiger partial charge in [-0.3, -0.25) is 14.4 Å². The summed E-state index contributed by atoms with van der Waals surface area (Å²) in [4.78, 5) is 37.1. The number of aliphatic hydroxyl groups excluding tert-OH is 1. The maximum absolute atomic E-state index is 12.3. The molecule has 3 rings (SSSR count). The number of amides is 2. The summed E-state index contributed by atoms with van der Waals surface area (Å²) in [5, 5.41) is 32.8. The number of aromatic nitrogens is 3. The van der Waals surface area contributed by atoms with Crippen molar-refractivity contribution in [2.24, 2.45) is 5.92 Å². The first-order valence-electron chi connectivity index (χ1n) is 8.86. The van der Waals surface area contributed by atoms with Crippen LogP contribution in [0, 0.1) is 19.8 Å². The molecule has 3 atom stereocenters. The normalized spacial score (nSPS) is 20.4. The predicted molar refractivity (Wildman–Crippen MR) is 101 cm³/mol. The van der Waals surface area contributed by atoms with Crippen LogP contribution in [0.3, 0.4) is 0 Å². The van der Waals surface area contributed by atoms with Gasteiger partial charge < -0.3 is 20.8 Å². The number of carbonyl (C=O) groups excluding carboxylic acids is 2. The summed E-state index contributed by atoms with van der Waals surface area (Å²) in [6, 6.07) is -0.437. The number of rotatable bonds is 6. The van der Waals surface area contributed by atoms with Gasteiger partial charge in [-0.15, -0.1) is 11.3 Å². The minimum absolute atomic E-state index is 0.170. The van der Waals surface area contributed by atoms with Crippen LogP contribution >= 0.6 is 11.3 Å². The Labute approximate surface area is 170 Å². The molecule has 2 heterocycles. The summed E-state index contributed by atoms with van der Waals surface area (Å²) in [6.45, 7) is 3.60. The Kier molecular flexibility index (Phi) is 8.21. The smallest absolute Gasteiger partial charge is 0.290 e. The highest BCUT2D eigenvalue weighted by Gasteiger charge is 2.37. The first-order chi connectivity index (χ1) is 13.8. The highest BCUT2D eigenvalue weighted by molar-refractivity contribution is 7.09. The van der Waals surface area contributed by atoms with Crippen molar-refractivity contribution in [2.75, 3.05) is 0 Å². The minimum atomic E-state index is -0.748. The fraction of sp³-hybridized carbons (Fsp3) is 0.529. The number of carbonyl (C=O) groups is 3. The minimum Gasteiger partial charge on any atom is -0.483 e. The second kappa shape index (κ2) is 10.6. The Balaban J connectivity index is 0.000000941. The molecule has 0 spiro atoms. The van der Waals surface area contributed by atoms with E-state index in [1.54, 1.807) is 6.92 Å². The lowest BCUT2D eigenvalue weighted by atomic mass is 10.1. The standard InChI is InChI=1S/C16H21N5O4S.CH2O2/c1-8-13(21-25-20-8)6-17-16(24)10-3-12(14(22)4-10)19-15(23)5-11-7-26-9(2)18-11;2-1-3/h7,10,12,14,22H,3-6H2,1-2H3,(H,17,24)(H,19,23);1H,(H,2,3)/t10-,12+,14+;/m0./s1. The fourth-order valence-corrected chi connectivity index (χ4v) is 3.63. The topological polar surface area (TPSA) is 168 Å². The van der Waals surface area contributed by atoms with Gasteiger partial charge in [0.25, 0.3) is 6.47 Å². The number of thiazole rings is 1. The summed E-state index contributed by atoms with van der Waals surface area (Å²) in [5.41, 5.74) is 1.91. The van der Waals surface area contributed by atoms with Crippen molar-refractivity contribution in [1.29, 1.82) is 0 Å². The van der Waals surface area contributed by atoms with Gasteiger partial charge in [0.15, 0.2) is 0 Å². The molecule has 29 heavy (non-hydrogen) atoms. The van der Waals surface area contributed by atoms with E-state index >= 15 is 0 Å². The molecule has 0 unspecified atom stereocenters. The van der Waals surface area contributed by atoms with Crippen molar-refractivity contribution in [1.82, 2.24) is 25.9 Å². The number of nitrogens with one attached hydrogen (secondary N) is 2. The average molecular weight is 425 g/mol. The van der Waals surface area contributed by atoms with E-state index in [9.17, 15) is 14.7 Å². The zero-order valence-electron chi connectivity index (χ0n) is 16.0. The van der Waals surface area contributed by atoms with E-state index in [4.69, 9.17) is 9.90 Å². The molecule has 2 aromatic rings. The summed E-state index contributed by atoms with van der Waals surface area (Å²) < 4.78 is 4.59. The van der Waals surface area contributed by atoms with Crippen molar-refractivity contribution in [3.05, 3.63) is 27.5 Å². The first kappa shape index (κ1) is 22.4. The third-order valence-electron chi connectivity index (χ3n) is 4.43. The van der Waals surface area contributed by atoms with E-state index in [0.717, 1.165) is 5.01 Å². The summed E-state index contributed by atoms with van der Waals surface area (Å²) in [5.74, 6) is -0.750. The van der Waals surface area contributed by atoms with Gasteiger partial charge in [-0.05, 0) is 26.7 Å². The van der Waals surface area contributed by atoms with Crippen LogP contribution in [-0.2, 0) is 27.3 Å². The number of aryl methyl sites for hydroxylation is 2. The molecule has 11 nitrogen and oxygen atoms in total. The lowest BCUT2D eigenvalue weighted by Crippen LogP contribution is -2.40. The number of carboxylic acid groups (broad SMARTS) is 1. The Morgan fingerprint density at radius 1 is 1.34 bits per heavy atom. The van der Waals surface area contributed by atoms with E-state index < -0.39 is 12.1 Å². The highest BCUT2D eigenvalue weighted by Crippen LogP contribution is 2.26. The van der Waals surface area contributed by atoms with Crippen LogP contribution in [0.1, 0.15) is 34.9 Å². The molecule has 0 radical (unpaired) electrons. The molecule has 0 bridgehead atoms. The van der Waals surface area contributed by atoms with Crippen molar-refractivity contribution in [2.45, 2.75) is 51.8 Å². The van der Waals surface area contributed by atoms with Gasteiger partial charge in [-0.2, -0.15) is 0 Å². The lowest BCUT2D eigenvalue weighted by molar-refractivity contribution is -0.125. The van der Waals surface area contributed by atoms with Gasteiger partial charge >= 0.3 is 0 Å². The van der Waals surface area contributed by atoms with Crippen LogP contribution in [-0.4, -0.2) is 55.9 Å². The Bertz CT molecular complexity index is 838. The lowest BCUT2D eigenvalue weighted by Gasteiger charge is -2.16. The Morgan fingerprint density at radius 2 is 2.07 bits per heavy atom. The quantitative estimate of drug-likeness (QED) is 0.464. The Morgan fingerprint density at radius 3 is 2.66 bits per heavy atom. The third kappa shape index (κ3) is 6.61. The Hall–Kier alpha value is -2.86. The van der Waals surface area contributed by atoms with Crippen molar-refractivity contribution in [3.8, 4) is 0 Å². The molecular formula is C17H23N5O6S. The van der Waals surface area contributed by atoms with Gasteiger partial charge in [-0.1, -0.05) is 10.3 Å². The maximum atomic E-state index is 12.3. The monoisotopic (exact) mass is 425 g/mol. The second-order valence-corrected chi connectivity index (χ2v) is 7.63. The predicted octanol–water partition coefficient (Wildman–Crippen LogP) is -0.0417. The van der Waals surface area contributed by atoms with Gasteiger partial charge in [0, 0.05) is 11.3 Å². The molecule has 0 aliphatic heterocycles.